The largest absolute Gasteiger partial charge is 0.510 e. The van der Waals surface area contributed by atoms with E-state index in [9.17, 15) is 4.79 Å². The molecular weight excluding hydrogens is 261 g/mol. The molecule has 9 heteroatoms. The van der Waals surface area contributed by atoms with Crippen molar-refractivity contribution in [2.45, 2.75) is 13.8 Å². The zero-order valence-electron chi connectivity index (χ0n) is 10.9. The summed E-state index contributed by atoms with van der Waals surface area (Å²) in [6.07, 6.45) is 1.42. The van der Waals surface area contributed by atoms with Crippen molar-refractivity contribution in [3.05, 3.63) is 18.3 Å². The molecule has 3 N–H and O–H groups in total. The second-order valence-corrected chi connectivity index (χ2v) is 4.75. The molecule has 0 saturated carbocycles. The first kappa shape index (κ1) is 14.0. The van der Waals surface area contributed by atoms with Crippen molar-refractivity contribution < 1.29 is 14.8 Å². The van der Waals surface area contributed by atoms with Crippen molar-refractivity contribution in [3.8, 4) is 6.07 Å². The maximum atomic E-state index is 11.8. The Kier molecular flexibility index (Phi) is 3.44. The van der Waals surface area contributed by atoms with E-state index in [0.29, 0.717) is 5.65 Å². The number of nitrogens with zero attached hydrogens (tertiary/aromatic N) is 4. The van der Waals surface area contributed by atoms with Crippen molar-refractivity contribution in [1.29, 1.82) is 5.26 Å². The quantitative estimate of drug-likeness (QED) is 0.610. The van der Waals surface area contributed by atoms with Crippen LogP contribution in [0.1, 0.15) is 13.8 Å². The van der Waals surface area contributed by atoms with Crippen LogP contribution in [0.3, 0.4) is 0 Å². The predicted octanol–water partition coefficient (Wildman–Crippen LogP) is -1.10. The average molecular weight is 273 g/mol. The minimum absolute atomic E-state index is 0.0603. The molecule has 0 aromatic carbocycles. The van der Waals surface area contributed by atoms with Crippen LogP contribution in [-0.4, -0.2) is 37.7 Å². The van der Waals surface area contributed by atoms with Crippen LogP contribution in [0.25, 0.3) is 5.65 Å². The Labute approximate surface area is 114 Å². The second kappa shape index (κ2) is 4.92. The van der Waals surface area contributed by atoms with E-state index in [1.54, 1.807) is 0 Å². The van der Waals surface area contributed by atoms with Crippen molar-refractivity contribution in [2.24, 2.45) is 5.41 Å². The SMILES string of the molecule is CC(C)(C#N)C(=O)Nc1cn2nc(B(O)O)ccc2n1. The van der Waals surface area contributed by atoms with Gasteiger partial charge in [-0.25, -0.2) is 9.50 Å². The monoisotopic (exact) mass is 273 g/mol. The molecular formula is C11H12BN5O3. The summed E-state index contributed by atoms with van der Waals surface area (Å²) in [5.41, 5.74) is -0.681. The Bertz CT molecular complexity index is 704. The molecule has 0 aliphatic rings. The molecule has 2 aromatic rings. The highest BCUT2D eigenvalue weighted by atomic mass is 16.4. The first-order chi connectivity index (χ1) is 9.33. The van der Waals surface area contributed by atoms with Crippen molar-refractivity contribution in [3.63, 3.8) is 0 Å². The van der Waals surface area contributed by atoms with Crippen LogP contribution >= 0.6 is 0 Å². The lowest BCUT2D eigenvalue weighted by Gasteiger charge is -2.12. The molecule has 2 heterocycles. The van der Waals surface area contributed by atoms with Crippen molar-refractivity contribution >= 4 is 30.1 Å². The molecule has 0 atom stereocenters. The summed E-state index contributed by atoms with van der Waals surface area (Å²) < 4.78 is 1.31. The number of hydrogen-bond acceptors (Lipinski definition) is 6. The molecule has 20 heavy (non-hydrogen) atoms. The molecule has 0 saturated heterocycles. The highest BCUT2D eigenvalue weighted by Gasteiger charge is 2.28. The Morgan fingerprint density at radius 3 is 2.80 bits per heavy atom. The summed E-state index contributed by atoms with van der Waals surface area (Å²) in [7, 11) is -1.68. The summed E-state index contributed by atoms with van der Waals surface area (Å²) in [4.78, 5) is 15.9. The number of aromatic nitrogens is 3. The Morgan fingerprint density at radius 1 is 1.50 bits per heavy atom. The molecule has 102 valence electrons. The molecule has 0 unspecified atom stereocenters. The minimum Gasteiger partial charge on any atom is -0.422 e. The number of nitrogens with one attached hydrogen (secondary N) is 1. The first-order valence-electron chi connectivity index (χ1n) is 5.78. The third kappa shape index (κ3) is 2.61. The van der Waals surface area contributed by atoms with Crippen LogP contribution in [-0.2, 0) is 4.79 Å². The minimum atomic E-state index is -1.68. The van der Waals surface area contributed by atoms with Crippen LogP contribution in [0.4, 0.5) is 5.82 Å². The molecule has 0 bridgehead atoms. The highest BCUT2D eigenvalue weighted by molar-refractivity contribution is 6.57. The van der Waals surface area contributed by atoms with Gasteiger partial charge in [0.1, 0.15) is 5.41 Å². The topological polar surface area (TPSA) is 124 Å². The Balaban J connectivity index is 2.29. The van der Waals surface area contributed by atoms with Gasteiger partial charge in [-0.1, -0.05) is 0 Å². The molecule has 8 nitrogen and oxygen atoms in total. The molecule has 0 fully saturated rings. The number of carbonyl (C=O) groups is 1. The van der Waals surface area contributed by atoms with Crippen LogP contribution in [0.15, 0.2) is 18.3 Å². The van der Waals surface area contributed by atoms with Gasteiger partial charge in [-0.3, -0.25) is 4.79 Å². The Morgan fingerprint density at radius 2 is 2.20 bits per heavy atom. The van der Waals surface area contributed by atoms with Crippen LogP contribution in [0.5, 0.6) is 0 Å². The zero-order valence-corrected chi connectivity index (χ0v) is 10.9. The van der Waals surface area contributed by atoms with E-state index in [1.165, 1.54) is 36.7 Å². The van der Waals surface area contributed by atoms with Gasteiger partial charge in [-0.05, 0) is 26.0 Å². The van der Waals surface area contributed by atoms with Gasteiger partial charge in [0.15, 0.2) is 11.5 Å². The van der Waals surface area contributed by atoms with Crippen LogP contribution in [0, 0.1) is 16.7 Å². The van der Waals surface area contributed by atoms with E-state index in [-0.39, 0.29) is 11.4 Å². The number of carbonyl (C=O) groups excluding carboxylic acids is 1. The number of amides is 1. The van der Waals surface area contributed by atoms with E-state index in [0.717, 1.165) is 0 Å². The fourth-order valence-corrected chi connectivity index (χ4v) is 1.42. The van der Waals surface area contributed by atoms with Gasteiger partial charge in [0.25, 0.3) is 0 Å². The van der Waals surface area contributed by atoms with E-state index < -0.39 is 18.4 Å². The highest BCUT2D eigenvalue weighted by Crippen LogP contribution is 2.16. The fraction of sp³-hybridized carbons (Fsp3) is 0.273. The summed E-state index contributed by atoms with van der Waals surface area (Å²) in [6, 6.07) is 4.84. The normalized spacial score (nSPS) is 11.2. The molecule has 0 radical (unpaired) electrons. The fourth-order valence-electron chi connectivity index (χ4n) is 1.42. The van der Waals surface area contributed by atoms with Gasteiger partial charge in [0.05, 0.1) is 17.9 Å². The maximum Gasteiger partial charge on any atom is 0.510 e. The molecule has 2 aromatic heterocycles. The summed E-state index contributed by atoms with van der Waals surface area (Å²) in [6.45, 7) is 2.99. The van der Waals surface area contributed by atoms with E-state index in [4.69, 9.17) is 15.3 Å². The summed E-state index contributed by atoms with van der Waals surface area (Å²) in [5, 5.41) is 33.4. The van der Waals surface area contributed by atoms with Gasteiger partial charge in [0.2, 0.25) is 5.91 Å². The van der Waals surface area contributed by atoms with Crippen LogP contribution < -0.4 is 10.9 Å². The van der Waals surface area contributed by atoms with Crippen LogP contribution in [0.2, 0.25) is 0 Å². The van der Waals surface area contributed by atoms with Gasteiger partial charge in [-0.2, -0.15) is 10.4 Å². The predicted molar refractivity (Wildman–Crippen MR) is 70.8 cm³/mol. The first-order valence-corrected chi connectivity index (χ1v) is 5.78. The molecule has 0 spiro atoms. The number of hydrogen-bond donors (Lipinski definition) is 3. The standard InChI is InChI=1S/C11H12BN5O3/c1-11(2,6-13)10(18)15-8-5-17-9(14-8)4-3-7(16-17)12(19)20/h3-5,19-20H,1-2H3,(H,15,18). The van der Waals surface area contributed by atoms with Crippen molar-refractivity contribution in [2.75, 3.05) is 5.32 Å². The number of fused-ring (bicyclic) bond motifs is 1. The number of imidazole rings is 1. The smallest absolute Gasteiger partial charge is 0.422 e. The lowest BCUT2D eigenvalue weighted by molar-refractivity contribution is -0.121. The third-order valence-electron chi connectivity index (χ3n) is 2.69. The Hall–Kier alpha value is -2.44. The maximum absolute atomic E-state index is 11.8. The van der Waals surface area contributed by atoms with Gasteiger partial charge in [0, 0.05) is 0 Å². The number of nitriles is 1. The molecule has 0 aliphatic carbocycles. The molecule has 2 rings (SSSR count). The molecule has 1 amide bonds. The van der Waals surface area contributed by atoms with Gasteiger partial charge in [-0.15, -0.1) is 0 Å². The summed E-state index contributed by atoms with van der Waals surface area (Å²) in [5.74, 6) is -0.249. The van der Waals surface area contributed by atoms with E-state index >= 15 is 0 Å². The van der Waals surface area contributed by atoms with Gasteiger partial charge >= 0.3 is 7.12 Å². The number of anilines is 1. The third-order valence-corrected chi connectivity index (χ3v) is 2.69. The summed E-state index contributed by atoms with van der Waals surface area (Å²) >= 11 is 0. The average Bonchev–Trinajstić information content (AvgIpc) is 2.79. The van der Waals surface area contributed by atoms with E-state index in [1.807, 2.05) is 6.07 Å². The second-order valence-electron chi connectivity index (χ2n) is 4.75. The zero-order chi connectivity index (χ0) is 14.9. The van der Waals surface area contributed by atoms with E-state index in [2.05, 4.69) is 15.4 Å². The van der Waals surface area contributed by atoms with Crippen molar-refractivity contribution in [1.82, 2.24) is 14.6 Å². The van der Waals surface area contributed by atoms with Gasteiger partial charge < -0.3 is 15.4 Å². The lowest BCUT2D eigenvalue weighted by Crippen LogP contribution is -2.33. The lowest BCUT2D eigenvalue weighted by atomic mass is 9.86. The number of rotatable bonds is 3. The molecule has 0 aliphatic heterocycles.